The fraction of sp³-hybridized carbons (Fsp3) is 0.316. The van der Waals surface area contributed by atoms with Crippen LogP contribution in [0.15, 0.2) is 72.8 Å². The molecule has 10 heteroatoms. The van der Waals surface area contributed by atoms with E-state index in [9.17, 15) is 14.7 Å². The molecule has 2 aliphatic rings. The summed E-state index contributed by atoms with van der Waals surface area (Å²) in [5.74, 6) is 3.77. The average Bonchev–Trinajstić information content (AvgIpc) is 4.06. The predicted molar refractivity (Wildman–Crippen MR) is 182 cm³/mol. The second-order valence-corrected chi connectivity index (χ2v) is 11.7. The predicted octanol–water partition coefficient (Wildman–Crippen LogP) is 6.69. The van der Waals surface area contributed by atoms with E-state index in [2.05, 4.69) is 0 Å². The SMILES string of the molecule is COc1ccc(OC)c(C(=O)C2CC2c2ccc(OC)c(N)c2)c1.COc1ccc(OC)c(C(=O)C2CC2c2ccc(OC)c(O)c2)c1. The van der Waals surface area contributed by atoms with E-state index < -0.39 is 0 Å². The Morgan fingerprint density at radius 1 is 0.562 bits per heavy atom. The van der Waals surface area contributed by atoms with Crippen LogP contribution < -0.4 is 34.2 Å². The van der Waals surface area contributed by atoms with Gasteiger partial charge >= 0.3 is 0 Å². The number of hydrogen-bond donors (Lipinski definition) is 2. The number of carbonyl (C=O) groups is 2. The molecule has 6 rings (SSSR count). The standard InChI is InChI=1S/C19H21NO4.C19H20O5/c2*1-22-12-5-7-17(23-2)15(9-12)19(21)14-10-13(14)11-4-6-18(24-3)16(20)8-11/h4-9,13-14H,10,20H2,1-3H3;4-9,13-14,20H,10H2,1-3H3. The fourth-order valence-corrected chi connectivity index (χ4v) is 6.04. The van der Waals surface area contributed by atoms with Crippen molar-refractivity contribution in [2.24, 2.45) is 11.8 Å². The zero-order chi connectivity index (χ0) is 34.5. The average molecular weight is 656 g/mol. The summed E-state index contributed by atoms with van der Waals surface area (Å²) in [6.07, 6.45) is 1.57. The van der Waals surface area contributed by atoms with Crippen LogP contribution in [0.4, 0.5) is 5.69 Å². The highest BCUT2D eigenvalue weighted by molar-refractivity contribution is 6.03. The third-order valence-electron chi connectivity index (χ3n) is 8.91. The lowest BCUT2D eigenvalue weighted by Crippen LogP contribution is -2.06. The molecule has 0 aliphatic heterocycles. The lowest BCUT2D eigenvalue weighted by molar-refractivity contribution is 0.0954. The van der Waals surface area contributed by atoms with E-state index in [1.54, 1.807) is 84.1 Å². The zero-order valence-electron chi connectivity index (χ0n) is 27.9. The maximum absolute atomic E-state index is 12.9. The fourth-order valence-electron chi connectivity index (χ4n) is 6.04. The Bertz CT molecular complexity index is 1670. The number of rotatable bonds is 12. The van der Waals surface area contributed by atoms with Gasteiger partial charge in [0.1, 0.15) is 28.7 Å². The second kappa shape index (κ2) is 14.6. The van der Waals surface area contributed by atoms with Crippen molar-refractivity contribution in [1.82, 2.24) is 0 Å². The molecule has 4 atom stereocenters. The number of carbonyl (C=O) groups excluding carboxylic acids is 2. The quantitative estimate of drug-likeness (QED) is 0.126. The lowest BCUT2D eigenvalue weighted by atomic mass is 10.0. The number of anilines is 1. The molecule has 2 aliphatic carbocycles. The van der Waals surface area contributed by atoms with Crippen LogP contribution in [0.25, 0.3) is 0 Å². The number of Topliss-reactive ketones (excluding diaryl/α,β-unsaturated/α-hetero) is 2. The molecule has 0 saturated heterocycles. The molecule has 0 bridgehead atoms. The molecule has 10 nitrogen and oxygen atoms in total. The number of phenols is 1. The van der Waals surface area contributed by atoms with Crippen molar-refractivity contribution in [1.29, 1.82) is 0 Å². The summed E-state index contributed by atoms with van der Waals surface area (Å²) < 4.78 is 31.3. The molecule has 2 saturated carbocycles. The minimum Gasteiger partial charge on any atom is -0.504 e. The Balaban J connectivity index is 0.000000188. The van der Waals surface area contributed by atoms with Crippen molar-refractivity contribution in [3.05, 3.63) is 95.1 Å². The molecule has 0 radical (unpaired) electrons. The van der Waals surface area contributed by atoms with E-state index in [-0.39, 0.29) is 41.0 Å². The van der Waals surface area contributed by atoms with Gasteiger partial charge < -0.3 is 39.3 Å². The molecular weight excluding hydrogens is 614 g/mol. The Morgan fingerprint density at radius 2 is 0.979 bits per heavy atom. The molecule has 48 heavy (non-hydrogen) atoms. The van der Waals surface area contributed by atoms with Gasteiger partial charge in [0.2, 0.25) is 0 Å². The zero-order valence-corrected chi connectivity index (χ0v) is 27.9. The highest BCUT2D eigenvalue weighted by Crippen LogP contribution is 2.52. The van der Waals surface area contributed by atoms with E-state index >= 15 is 0 Å². The van der Waals surface area contributed by atoms with Crippen LogP contribution in [0.3, 0.4) is 0 Å². The van der Waals surface area contributed by atoms with Crippen molar-refractivity contribution in [2.45, 2.75) is 24.7 Å². The lowest BCUT2D eigenvalue weighted by Gasteiger charge is -2.10. The molecule has 2 fully saturated rings. The number of methoxy groups -OCH3 is 6. The first-order valence-corrected chi connectivity index (χ1v) is 15.5. The van der Waals surface area contributed by atoms with Crippen molar-refractivity contribution >= 4 is 17.3 Å². The van der Waals surface area contributed by atoms with Crippen LogP contribution in [-0.4, -0.2) is 59.3 Å². The van der Waals surface area contributed by atoms with E-state index in [0.29, 0.717) is 51.3 Å². The van der Waals surface area contributed by atoms with Crippen LogP contribution in [0, 0.1) is 11.8 Å². The maximum atomic E-state index is 12.9. The molecule has 0 aromatic heterocycles. The van der Waals surface area contributed by atoms with Gasteiger partial charge in [-0.25, -0.2) is 0 Å². The number of phenolic OH excluding ortho intramolecular Hbond substituents is 1. The number of ketones is 2. The Kier molecular flexibility index (Phi) is 10.3. The van der Waals surface area contributed by atoms with Crippen molar-refractivity contribution in [3.63, 3.8) is 0 Å². The van der Waals surface area contributed by atoms with Gasteiger partial charge in [0.15, 0.2) is 23.1 Å². The van der Waals surface area contributed by atoms with E-state index in [0.717, 1.165) is 24.0 Å². The number of nitrogens with two attached hydrogens (primary N) is 1. The van der Waals surface area contributed by atoms with Gasteiger partial charge in [-0.1, -0.05) is 12.1 Å². The summed E-state index contributed by atoms with van der Waals surface area (Å²) in [5.41, 5.74) is 9.65. The monoisotopic (exact) mass is 655 g/mol. The summed E-state index contributed by atoms with van der Waals surface area (Å²) in [6.45, 7) is 0. The molecule has 3 N–H and O–H groups in total. The minimum absolute atomic E-state index is 0.0334. The maximum Gasteiger partial charge on any atom is 0.170 e. The molecule has 4 aromatic rings. The van der Waals surface area contributed by atoms with E-state index in [1.807, 2.05) is 24.3 Å². The molecule has 0 heterocycles. The van der Waals surface area contributed by atoms with Crippen molar-refractivity contribution in [3.8, 4) is 40.2 Å². The van der Waals surface area contributed by atoms with Crippen LogP contribution in [0.5, 0.6) is 40.2 Å². The molecule has 0 amide bonds. The minimum atomic E-state index is -0.112. The highest BCUT2D eigenvalue weighted by atomic mass is 16.5. The van der Waals surface area contributed by atoms with Crippen molar-refractivity contribution < 1.29 is 43.1 Å². The molecule has 252 valence electrons. The van der Waals surface area contributed by atoms with Gasteiger partial charge in [-0.2, -0.15) is 0 Å². The Hall–Kier alpha value is -5.38. The van der Waals surface area contributed by atoms with Gasteiger partial charge in [-0.15, -0.1) is 0 Å². The third kappa shape index (κ3) is 7.12. The summed E-state index contributed by atoms with van der Waals surface area (Å²) in [4.78, 5) is 25.7. The third-order valence-corrected chi connectivity index (χ3v) is 8.91. The largest absolute Gasteiger partial charge is 0.504 e. The van der Waals surface area contributed by atoms with Gasteiger partial charge in [0, 0.05) is 11.8 Å². The normalized spacial score (nSPS) is 18.8. The van der Waals surface area contributed by atoms with Gasteiger partial charge in [-0.3, -0.25) is 9.59 Å². The Labute approximate surface area is 280 Å². The van der Waals surface area contributed by atoms with Crippen LogP contribution in [-0.2, 0) is 0 Å². The summed E-state index contributed by atoms with van der Waals surface area (Å²) in [7, 11) is 9.35. The molecular formula is C38H41NO9. The molecule has 4 unspecified atom stereocenters. The summed E-state index contributed by atoms with van der Waals surface area (Å²) >= 11 is 0. The number of aromatic hydroxyl groups is 1. The van der Waals surface area contributed by atoms with E-state index in [1.165, 1.54) is 7.11 Å². The number of hydrogen-bond acceptors (Lipinski definition) is 10. The molecule has 4 aromatic carbocycles. The van der Waals surface area contributed by atoms with Crippen LogP contribution >= 0.6 is 0 Å². The Morgan fingerprint density at radius 3 is 1.38 bits per heavy atom. The molecule has 0 spiro atoms. The number of nitrogen functional groups attached to an aromatic ring is 1. The second-order valence-electron chi connectivity index (χ2n) is 11.7. The summed E-state index contributed by atoms with van der Waals surface area (Å²) in [5, 5.41) is 9.91. The first kappa shape index (κ1) is 34.0. The van der Waals surface area contributed by atoms with Gasteiger partial charge in [0.25, 0.3) is 0 Å². The first-order valence-electron chi connectivity index (χ1n) is 15.5. The summed E-state index contributed by atoms with van der Waals surface area (Å²) in [6, 6.07) is 21.5. The van der Waals surface area contributed by atoms with Gasteiger partial charge in [0.05, 0.1) is 59.5 Å². The highest BCUT2D eigenvalue weighted by Gasteiger charge is 2.46. The number of ether oxygens (including phenoxy) is 6. The topological polar surface area (TPSA) is 136 Å². The smallest absolute Gasteiger partial charge is 0.170 e. The van der Waals surface area contributed by atoms with Gasteiger partial charge in [-0.05, 0) is 96.5 Å². The van der Waals surface area contributed by atoms with Crippen LogP contribution in [0.1, 0.15) is 56.5 Å². The van der Waals surface area contributed by atoms with E-state index in [4.69, 9.17) is 34.2 Å². The van der Waals surface area contributed by atoms with Crippen molar-refractivity contribution in [2.75, 3.05) is 48.4 Å². The van der Waals surface area contributed by atoms with Crippen LogP contribution in [0.2, 0.25) is 0 Å². The first-order chi connectivity index (χ1) is 23.2. The number of benzene rings is 4.